The Labute approximate surface area is 150 Å². The highest BCUT2D eigenvalue weighted by Crippen LogP contribution is 2.29. The maximum atomic E-state index is 5.31. The lowest BCUT2D eigenvalue weighted by Crippen LogP contribution is -2.30. The van der Waals surface area contributed by atoms with Crippen molar-refractivity contribution in [3.05, 3.63) is 18.2 Å². The number of nitrogens with zero attached hydrogens (tertiary/aromatic N) is 1. The van der Waals surface area contributed by atoms with Crippen LogP contribution in [-0.2, 0) is 0 Å². The molecule has 0 aliphatic carbocycles. The van der Waals surface area contributed by atoms with Crippen molar-refractivity contribution in [3.8, 4) is 11.5 Å². The molecule has 0 fully saturated rings. The number of ether oxygens (including phenoxy) is 2. The zero-order valence-corrected chi connectivity index (χ0v) is 16.4. The zero-order valence-electron chi connectivity index (χ0n) is 14.1. The number of halogens is 1. The SMILES string of the molecule is CCNC(=NCCC(C)C)Nc1ccc(OC)c(OC)c1.I. The van der Waals surface area contributed by atoms with E-state index in [1.54, 1.807) is 14.2 Å². The van der Waals surface area contributed by atoms with E-state index in [4.69, 9.17) is 9.47 Å². The Kier molecular flexibility index (Phi) is 10.8. The lowest BCUT2D eigenvalue weighted by molar-refractivity contribution is 0.355. The third-order valence-electron chi connectivity index (χ3n) is 2.97. The standard InChI is InChI=1S/C16H27N3O2.HI/c1-6-17-16(18-10-9-12(2)3)19-13-7-8-14(20-4)15(11-13)21-5;/h7-8,11-12H,6,9-10H2,1-5H3,(H2,17,18,19);1H. The second-order valence-electron chi connectivity index (χ2n) is 5.14. The number of hydrogen-bond acceptors (Lipinski definition) is 3. The van der Waals surface area contributed by atoms with Gasteiger partial charge in [-0.15, -0.1) is 24.0 Å². The molecular weight excluding hydrogens is 393 g/mol. The number of guanidine groups is 1. The van der Waals surface area contributed by atoms with Crippen LogP contribution in [0.25, 0.3) is 0 Å². The van der Waals surface area contributed by atoms with Gasteiger partial charge in [-0.1, -0.05) is 13.8 Å². The number of nitrogens with one attached hydrogen (secondary N) is 2. The highest BCUT2D eigenvalue weighted by Gasteiger charge is 2.06. The molecule has 0 aromatic heterocycles. The minimum atomic E-state index is 0. The van der Waals surface area contributed by atoms with E-state index in [9.17, 15) is 0 Å². The van der Waals surface area contributed by atoms with Crippen LogP contribution in [-0.4, -0.2) is 33.3 Å². The van der Waals surface area contributed by atoms with Gasteiger partial charge in [0, 0.05) is 24.8 Å². The molecular formula is C16H28IN3O2. The van der Waals surface area contributed by atoms with Gasteiger partial charge in [-0.05, 0) is 31.4 Å². The van der Waals surface area contributed by atoms with Gasteiger partial charge in [0.25, 0.3) is 0 Å². The molecule has 0 spiro atoms. The van der Waals surface area contributed by atoms with Gasteiger partial charge in [0.1, 0.15) is 0 Å². The van der Waals surface area contributed by atoms with Gasteiger partial charge in [-0.3, -0.25) is 4.99 Å². The Hall–Kier alpha value is -1.18. The first-order valence-corrected chi connectivity index (χ1v) is 7.38. The highest BCUT2D eigenvalue weighted by atomic mass is 127. The number of methoxy groups -OCH3 is 2. The van der Waals surface area contributed by atoms with Crippen LogP contribution in [0.15, 0.2) is 23.2 Å². The molecule has 1 rings (SSSR count). The molecule has 0 saturated carbocycles. The van der Waals surface area contributed by atoms with Crippen LogP contribution >= 0.6 is 24.0 Å². The monoisotopic (exact) mass is 421 g/mol. The van der Waals surface area contributed by atoms with E-state index < -0.39 is 0 Å². The van der Waals surface area contributed by atoms with Crippen molar-refractivity contribution in [1.29, 1.82) is 0 Å². The topological polar surface area (TPSA) is 54.9 Å². The molecule has 1 aromatic rings. The molecule has 5 nitrogen and oxygen atoms in total. The van der Waals surface area contributed by atoms with Crippen molar-refractivity contribution in [2.24, 2.45) is 10.9 Å². The van der Waals surface area contributed by atoms with Crippen LogP contribution in [0.1, 0.15) is 27.2 Å². The van der Waals surface area contributed by atoms with Crippen LogP contribution in [0.4, 0.5) is 5.69 Å². The van der Waals surface area contributed by atoms with Gasteiger partial charge in [0.2, 0.25) is 0 Å². The van der Waals surface area contributed by atoms with E-state index in [1.807, 2.05) is 25.1 Å². The average molecular weight is 421 g/mol. The second kappa shape index (κ2) is 11.4. The second-order valence-corrected chi connectivity index (χ2v) is 5.14. The maximum absolute atomic E-state index is 5.31. The van der Waals surface area contributed by atoms with Crippen molar-refractivity contribution in [3.63, 3.8) is 0 Å². The first-order chi connectivity index (χ1) is 10.1. The average Bonchev–Trinajstić information content (AvgIpc) is 2.46. The third kappa shape index (κ3) is 7.20. The number of rotatable bonds is 7. The van der Waals surface area contributed by atoms with Crippen molar-refractivity contribution < 1.29 is 9.47 Å². The summed E-state index contributed by atoms with van der Waals surface area (Å²) < 4.78 is 10.5. The number of aliphatic imine (C=N–C) groups is 1. The number of benzene rings is 1. The third-order valence-corrected chi connectivity index (χ3v) is 2.97. The van der Waals surface area contributed by atoms with E-state index >= 15 is 0 Å². The Morgan fingerprint density at radius 1 is 1.18 bits per heavy atom. The lowest BCUT2D eigenvalue weighted by atomic mass is 10.1. The molecule has 2 N–H and O–H groups in total. The fourth-order valence-electron chi connectivity index (χ4n) is 1.79. The predicted octanol–water partition coefficient (Wildman–Crippen LogP) is 3.75. The van der Waals surface area contributed by atoms with E-state index in [0.717, 1.165) is 31.2 Å². The van der Waals surface area contributed by atoms with E-state index in [2.05, 4.69) is 29.5 Å². The molecule has 0 aliphatic rings. The predicted molar refractivity (Wildman–Crippen MR) is 104 cm³/mol. The van der Waals surface area contributed by atoms with Gasteiger partial charge >= 0.3 is 0 Å². The molecule has 0 saturated heterocycles. The minimum Gasteiger partial charge on any atom is -0.493 e. The molecule has 6 heteroatoms. The first kappa shape index (κ1) is 20.8. The summed E-state index contributed by atoms with van der Waals surface area (Å²) in [5, 5.41) is 6.52. The Bertz CT molecular complexity index is 465. The summed E-state index contributed by atoms with van der Waals surface area (Å²) in [6, 6.07) is 5.71. The summed E-state index contributed by atoms with van der Waals surface area (Å²) in [5.74, 6) is 2.84. The normalized spacial score (nSPS) is 10.9. The van der Waals surface area contributed by atoms with Crippen LogP contribution < -0.4 is 20.1 Å². The molecule has 126 valence electrons. The molecule has 0 aliphatic heterocycles. The molecule has 1 aromatic carbocycles. The molecule has 22 heavy (non-hydrogen) atoms. The fraction of sp³-hybridized carbons (Fsp3) is 0.562. The first-order valence-electron chi connectivity index (χ1n) is 7.38. The molecule has 0 bridgehead atoms. The van der Waals surface area contributed by atoms with Gasteiger partial charge in [-0.25, -0.2) is 0 Å². The van der Waals surface area contributed by atoms with Crippen molar-refractivity contribution in [1.82, 2.24) is 5.32 Å². The van der Waals surface area contributed by atoms with Gasteiger partial charge in [0.15, 0.2) is 17.5 Å². The summed E-state index contributed by atoms with van der Waals surface area (Å²) in [7, 11) is 3.26. The summed E-state index contributed by atoms with van der Waals surface area (Å²) >= 11 is 0. The largest absolute Gasteiger partial charge is 0.493 e. The fourth-order valence-corrected chi connectivity index (χ4v) is 1.79. The van der Waals surface area contributed by atoms with Crippen molar-refractivity contribution in [2.45, 2.75) is 27.2 Å². The van der Waals surface area contributed by atoms with Crippen LogP contribution in [0.5, 0.6) is 11.5 Å². The number of anilines is 1. The Morgan fingerprint density at radius 2 is 1.86 bits per heavy atom. The quantitative estimate of drug-likeness (QED) is 0.400. The Balaban J connectivity index is 0.00000441. The zero-order chi connectivity index (χ0) is 15.7. The van der Waals surface area contributed by atoms with Gasteiger partial charge < -0.3 is 20.1 Å². The molecule has 0 amide bonds. The van der Waals surface area contributed by atoms with Crippen molar-refractivity contribution >= 4 is 35.6 Å². The Morgan fingerprint density at radius 3 is 2.41 bits per heavy atom. The van der Waals surface area contributed by atoms with E-state index in [1.165, 1.54) is 0 Å². The summed E-state index contributed by atoms with van der Waals surface area (Å²) in [5.41, 5.74) is 0.914. The minimum absolute atomic E-state index is 0. The van der Waals surface area contributed by atoms with Crippen molar-refractivity contribution in [2.75, 3.05) is 32.6 Å². The van der Waals surface area contributed by atoms with Gasteiger partial charge in [-0.2, -0.15) is 0 Å². The smallest absolute Gasteiger partial charge is 0.195 e. The molecule has 0 radical (unpaired) electrons. The van der Waals surface area contributed by atoms with Crippen LogP contribution in [0.2, 0.25) is 0 Å². The summed E-state index contributed by atoms with van der Waals surface area (Å²) in [4.78, 5) is 4.57. The van der Waals surface area contributed by atoms with Crippen LogP contribution in [0, 0.1) is 5.92 Å². The van der Waals surface area contributed by atoms with Crippen LogP contribution in [0.3, 0.4) is 0 Å². The summed E-state index contributed by atoms with van der Waals surface area (Å²) in [6.07, 6.45) is 1.07. The summed E-state index contributed by atoms with van der Waals surface area (Å²) in [6.45, 7) is 8.07. The highest BCUT2D eigenvalue weighted by molar-refractivity contribution is 14.0. The molecule has 0 atom stereocenters. The van der Waals surface area contributed by atoms with Gasteiger partial charge in [0.05, 0.1) is 14.2 Å². The van der Waals surface area contributed by atoms with E-state index in [0.29, 0.717) is 17.4 Å². The molecule has 0 unspecified atom stereocenters. The number of hydrogen-bond donors (Lipinski definition) is 2. The lowest BCUT2D eigenvalue weighted by Gasteiger charge is -2.14. The maximum Gasteiger partial charge on any atom is 0.195 e. The van der Waals surface area contributed by atoms with E-state index in [-0.39, 0.29) is 24.0 Å². The molecule has 0 heterocycles.